The third kappa shape index (κ3) is 20.6. The highest BCUT2D eigenvalue weighted by Crippen LogP contribution is 2.43. The molecular weight excluding hydrogens is 1090 g/mol. The molecule has 1 amide bonds. The molecule has 1 saturated carbocycles. The Morgan fingerprint density at radius 1 is 0.917 bits per heavy atom. The number of ether oxygens (including phenoxy) is 7. The first-order valence-corrected chi connectivity index (χ1v) is 32.3. The minimum absolute atomic E-state index is 0.0671. The molecule has 0 bridgehead atoms. The maximum atomic E-state index is 14.8. The van der Waals surface area contributed by atoms with Crippen LogP contribution in [0.3, 0.4) is 0 Å². The molecule has 11 unspecified atom stereocenters. The lowest BCUT2D eigenvalue weighted by Crippen LogP contribution is -2.55. The summed E-state index contributed by atoms with van der Waals surface area (Å²) in [6.45, 7) is 26.6. The summed E-state index contributed by atoms with van der Waals surface area (Å²) in [5.41, 5.74) is 8.71. The van der Waals surface area contributed by atoms with E-state index in [-0.39, 0.29) is 54.4 Å². The van der Waals surface area contributed by atoms with E-state index in [2.05, 4.69) is 44.6 Å². The molecule has 2 aromatic rings. The number of carbonyl (C=O) groups is 3. The van der Waals surface area contributed by atoms with Gasteiger partial charge >= 0.3 is 12.1 Å². The number of amides is 1. The molecule has 1 aromatic carbocycles. The first kappa shape index (κ1) is 72.6. The Labute approximate surface area is 509 Å². The lowest BCUT2D eigenvalue weighted by atomic mass is 9.69. The highest BCUT2D eigenvalue weighted by atomic mass is 32.2. The molecule has 5 aliphatic rings. The highest BCUT2D eigenvalue weighted by molar-refractivity contribution is 7.97. The second kappa shape index (κ2) is 35.8. The number of nitrogens with two attached hydrogens (primary N) is 3. The Morgan fingerprint density at radius 3 is 2.20 bits per heavy atom. The normalized spacial score (nSPS) is 31.5. The Bertz CT molecular complexity index is 2280. The van der Waals surface area contributed by atoms with Gasteiger partial charge in [-0.3, -0.25) is 19.6 Å². The predicted molar refractivity (Wildman–Crippen MR) is 333 cm³/mol. The lowest BCUT2D eigenvalue weighted by molar-refractivity contribution is -0.156. The van der Waals surface area contributed by atoms with Gasteiger partial charge in [0.15, 0.2) is 5.60 Å². The van der Waals surface area contributed by atoms with Crippen LogP contribution in [0.4, 0.5) is 9.18 Å². The number of nitrogens with zero attached hydrogens (tertiary/aromatic N) is 4. The zero-order chi connectivity index (χ0) is 62.3. The van der Waals surface area contributed by atoms with Gasteiger partial charge in [0.1, 0.15) is 36.2 Å². The predicted octanol–water partition coefficient (Wildman–Crippen LogP) is 11.7. The molecule has 1 aliphatic carbocycles. The summed E-state index contributed by atoms with van der Waals surface area (Å²) >= 11 is 1.09. The van der Waals surface area contributed by atoms with Gasteiger partial charge < -0.3 is 48.8 Å². The van der Waals surface area contributed by atoms with E-state index in [1.807, 2.05) is 84.9 Å². The van der Waals surface area contributed by atoms with Crippen molar-refractivity contribution >= 4 is 29.8 Å². The van der Waals surface area contributed by atoms with Gasteiger partial charge in [0.2, 0.25) is 0 Å². The number of fused-ring (bicyclic) bond motifs is 1. The number of cyclic esters (lactones) is 1. The molecule has 0 radical (unpaired) electrons. The van der Waals surface area contributed by atoms with E-state index in [0.29, 0.717) is 74.8 Å². The topological polar surface area (TPSA) is 216 Å². The number of esters is 1. The van der Waals surface area contributed by atoms with Crippen molar-refractivity contribution in [3.63, 3.8) is 0 Å². The van der Waals surface area contributed by atoms with E-state index in [1.165, 1.54) is 5.01 Å². The molecule has 1 aromatic heterocycles. The highest BCUT2D eigenvalue weighted by Gasteiger charge is 2.56. The fourth-order valence-electron chi connectivity index (χ4n) is 13.4. The number of aromatic nitrogens is 1. The lowest BCUT2D eigenvalue weighted by Gasteiger charge is -2.41. The Hall–Kier alpha value is -3.92. The molecule has 19 heteroatoms. The number of methoxy groups -OCH3 is 2. The third-order valence-corrected chi connectivity index (χ3v) is 18.6. The van der Waals surface area contributed by atoms with Gasteiger partial charge in [-0.15, -0.1) is 0 Å². The van der Waals surface area contributed by atoms with Crippen molar-refractivity contribution in [2.75, 3.05) is 74.1 Å². The van der Waals surface area contributed by atoms with Gasteiger partial charge in [-0.05, 0) is 132 Å². The van der Waals surface area contributed by atoms with E-state index in [9.17, 15) is 18.8 Å². The van der Waals surface area contributed by atoms with Crippen LogP contribution in [0, 0.1) is 41.4 Å². The number of benzene rings is 1. The number of hydrazine groups is 1. The van der Waals surface area contributed by atoms with Crippen molar-refractivity contribution in [2.45, 2.75) is 206 Å². The summed E-state index contributed by atoms with van der Waals surface area (Å²) in [5.74, 6) is 6.69. The van der Waals surface area contributed by atoms with Crippen molar-refractivity contribution in [2.24, 2.45) is 58.1 Å². The van der Waals surface area contributed by atoms with Crippen LogP contribution in [0.25, 0.3) is 11.1 Å². The average Bonchev–Trinajstić information content (AvgIpc) is 4.01. The first-order chi connectivity index (χ1) is 40.1. The van der Waals surface area contributed by atoms with Crippen molar-refractivity contribution < 1.29 is 51.9 Å². The van der Waals surface area contributed by atoms with E-state index >= 15 is 0 Å². The number of hydrogen-bond donors (Lipinski definition) is 3. The maximum Gasteiger partial charge on any atom is 0.411 e. The number of Topliss-reactive ketones (excluding diaryl/α,β-unsaturated/α-hetero) is 1. The van der Waals surface area contributed by atoms with Crippen LogP contribution in [0.1, 0.15) is 165 Å². The average molecular weight is 1200 g/mol. The zero-order valence-corrected chi connectivity index (χ0v) is 54.8. The molecule has 0 spiro atoms. The number of hydrogen-bond acceptors (Lipinski definition) is 17. The molecule has 4 saturated heterocycles. The molecule has 6 N–H and O–H groups in total. The molecule has 478 valence electrons. The zero-order valence-electron chi connectivity index (χ0n) is 53.9. The number of halogens is 1. The monoisotopic (exact) mass is 1200 g/mol. The van der Waals surface area contributed by atoms with Crippen LogP contribution in [-0.4, -0.2) is 153 Å². The van der Waals surface area contributed by atoms with Crippen molar-refractivity contribution in [3.8, 4) is 11.1 Å². The Morgan fingerprint density at radius 2 is 1.62 bits per heavy atom. The molecule has 5 heterocycles. The minimum atomic E-state index is -1.21. The van der Waals surface area contributed by atoms with E-state index in [1.54, 1.807) is 38.4 Å². The standard InChI is InChI=1S/C53H82FN7O8S.C8H16O2.2C2H6/c1-9-38-24-35(4)48(62)36(5)50-53(6,69-52(64)60(50)30-45-31-66-20-21-67-45)32-68-51(63)34(3)10-11-41(38)25-37-22-33(2)23-44(26-37)59(7)19-18-43(55)29-61(56)46(27-54)49(65-8)40-14-12-39(13-15-40)42-16-17-47(70-57)58-28-42;1-7-6-8(2,9-3)4-5-10-7;2*1-2/h12-17,28-29,33-38,41,44-46,49-50H,9-11,18-27,30-32,55-57H2,1-8H3;7H,4-6H2,1-3H3;2*1-2H3/b43-29-;;;/t33?,34?,35-,36?,37?,38?,41+,44?,45?,46?,49?,50?,53-;7?,8-;;/m11../s1. The summed E-state index contributed by atoms with van der Waals surface area (Å²) < 4.78 is 54.9. The third-order valence-electron chi connectivity index (χ3n) is 18.1. The summed E-state index contributed by atoms with van der Waals surface area (Å²) in [6.07, 6.45) is 12.3. The van der Waals surface area contributed by atoms with Crippen molar-refractivity contribution in [3.05, 3.63) is 60.1 Å². The fourth-order valence-corrected chi connectivity index (χ4v) is 13.6. The quantitative estimate of drug-likeness (QED) is 0.0547. The fraction of sp³-hybridized carbons (Fsp3) is 0.754. The number of alkyl halides is 1. The second-order valence-corrected chi connectivity index (χ2v) is 25.1. The second-order valence-electron chi connectivity index (χ2n) is 24.4. The van der Waals surface area contributed by atoms with Gasteiger partial charge in [-0.2, -0.15) is 0 Å². The smallest absolute Gasteiger partial charge is 0.411 e. The molecule has 4 aliphatic heterocycles. The van der Waals surface area contributed by atoms with E-state index < -0.39 is 42.5 Å². The molecular formula is C65H110FN7O10S. The summed E-state index contributed by atoms with van der Waals surface area (Å²) in [6, 6.07) is 10.5. The largest absolute Gasteiger partial charge is 0.461 e. The SMILES string of the molecule is CC.CC.CCC1C[C@@H](C)C(=O)C(C)C2N(CC3COCCO3)C(=O)O[C@]2(C)COC(=O)C(C)CC[C@H]1CC1CC(C)CC(N(C)CC/C(N)=C/N(N)C(CF)C(OC)c2ccc(-c3ccc(SN)nc3)cc2)C1.CO[C@]1(C)CCOC(C)C1. The van der Waals surface area contributed by atoms with Crippen LogP contribution < -0.4 is 16.7 Å². The van der Waals surface area contributed by atoms with Crippen LogP contribution in [-0.2, 0) is 42.7 Å². The van der Waals surface area contributed by atoms with Crippen LogP contribution in [0.5, 0.6) is 0 Å². The van der Waals surface area contributed by atoms with Crippen molar-refractivity contribution in [1.82, 2.24) is 19.8 Å². The number of rotatable bonds is 18. The van der Waals surface area contributed by atoms with Crippen LogP contribution in [0.2, 0.25) is 0 Å². The number of pyridine rings is 1. The first-order valence-electron chi connectivity index (χ1n) is 31.4. The molecule has 5 fully saturated rings. The summed E-state index contributed by atoms with van der Waals surface area (Å²) in [4.78, 5) is 50.1. The van der Waals surface area contributed by atoms with E-state index in [0.717, 1.165) is 98.1 Å². The van der Waals surface area contributed by atoms with Crippen LogP contribution in [0.15, 0.2) is 59.5 Å². The van der Waals surface area contributed by atoms with Gasteiger partial charge in [0.25, 0.3) is 0 Å². The Kier molecular flexibility index (Phi) is 30.9. The maximum absolute atomic E-state index is 14.8. The minimum Gasteiger partial charge on any atom is -0.461 e. The van der Waals surface area contributed by atoms with Gasteiger partial charge in [0.05, 0.1) is 56.1 Å². The molecule has 7 rings (SSSR count). The summed E-state index contributed by atoms with van der Waals surface area (Å²) in [5, 5.41) is 7.70. The number of ketones is 1. The van der Waals surface area contributed by atoms with Gasteiger partial charge in [-0.25, -0.2) is 20.0 Å². The Balaban J connectivity index is 0.000000960. The van der Waals surface area contributed by atoms with Gasteiger partial charge in [0, 0.05) is 81.7 Å². The van der Waals surface area contributed by atoms with Gasteiger partial charge in [-0.1, -0.05) is 99.1 Å². The number of carbonyl (C=O) groups excluding carboxylic acids is 3. The molecule has 17 nitrogen and oxygen atoms in total. The molecule has 15 atom stereocenters. The van der Waals surface area contributed by atoms with E-state index in [4.69, 9.17) is 49.9 Å². The molecule has 84 heavy (non-hydrogen) atoms. The van der Waals surface area contributed by atoms with Crippen molar-refractivity contribution in [1.29, 1.82) is 0 Å². The summed E-state index contributed by atoms with van der Waals surface area (Å²) in [7, 11) is 5.49. The van der Waals surface area contributed by atoms with Crippen LogP contribution >= 0.6 is 11.9 Å².